The van der Waals surface area contributed by atoms with Crippen molar-refractivity contribution in [3.63, 3.8) is 0 Å². The molecule has 0 aromatic heterocycles. The van der Waals surface area contributed by atoms with Gasteiger partial charge in [0.1, 0.15) is 0 Å². The molecule has 1 atom stereocenters. The average Bonchev–Trinajstić information content (AvgIpc) is 2.17. The number of carboxylic acid groups (broad SMARTS) is 1. The van der Waals surface area contributed by atoms with Crippen LogP contribution >= 0.6 is 0 Å². The van der Waals surface area contributed by atoms with Crippen LogP contribution in [0.1, 0.15) is 12.8 Å². The molecule has 72 valence electrons. The summed E-state index contributed by atoms with van der Waals surface area (Å²) in [7, 11) is 0. The van der Waals surface area contributed by atoms with Crippen molar-refractivity contribution in [3.8, 4) is 0 Å². The molecule has 0 aromatic carbocycles. The van der Waals surface area contributed by atoms with E-state index in [9.17, 15) is 4.79 Å². The zero-order valence-corrected chi connectivity index (χ0v) is 7.66. The van der Waals surface area contributed by atoms with Gasteiger partial charge in [0.25, 0.3) is 0 Å². The molecule has 2 aliphatic rings. The summed E-state index contributed by atoms with van der Waals surface area (Å²) in [5, 5.41) is 16.5. The van der Waals surface area contributed by atoms with E-state index in [1.165, 1.54) is 0 Å². The van der Waals surface area contributed by atoms with Gasteiger partial charge in [0, 0.05) is 11.6 Å². The van der Waals surface area contributed by atoms with Crippen molar-refractivity contribution in [2.75, 3.05) is 0 Å². The smallest absolute Gasteiger partial charge is 0.335 e. The van der Waals surface area contributed by atoms with Crippen LogP contribution in [-0.4, -0.2) is 16.8 Å². The van der Waals surface area contributed by atoms with Crippen LogP contribution in [0.3, 0.4) is 0 Å². The van der Waals surface area contributed by atoms with E-state index in [1.54, 1.807) is 12.2 Å². The van der Waals surface area contributed by atoms with Gasteiger partial charge in [-0.1, -0.05) is 17.7 Å². The maximum Gasteiger partial charge on any atom is 0.335 e. The summed E-state index contributed by atoms with van der Waals surface area (Å²) < 4.78 is 0. The van der Waals surface area contributed by atoms with Gasteiger partial charge in [-0.3, -0.25) is 0 Å². The van der Waals surface area contributed by atoms with Crippen LogP contribution in [0.5, 0.6) is 0 Å². The summed E-state index contributed by atoms with van der Waals surface area (Å²) in [6, 6.07) is 0. The minimum Gasteiger partial charge on any atom is -0.478 e. The Bertz CT molecular complexity index is 388. The highest BCUT2D eigenvalue weighted by molar-refractivity contribution is 5.99. The molecule has 2 N–H and O–H groups in total. The summed E-state index contributed by atoms with van der Waals surface area (Å²) in [5.41, 5.74) is 2.00. The fourth-order valence-corrected chi connectivity index (χ4v) is 1.87. The largest absolute Gasteiger partial charge is 0.478 e. The third-order valence-electron chi connectivity index (χ3n) is 2.64. The molecule has 3 heteroatoms. The van der Waals surface area contributed by atoms with Crippen molar-refractivity contribution in [1.82, 2.24) is 0 Å². The highest BCUT2D eigenvalue weighted by atomic mass is 16.4. The van der Waals surface area contributed by atoms with Crippen LogP contribution in [-0.2, 0) is 4.79 Å². The number of fused-ring (bicyclic) bond motifs is 1. The molecule has 0 fully saturated rings. The van der Waals surface area contributed by atoms with Gasteiger partial charge in [-0.15, -0.1) is 0 Å². The summed E-state index contributed by atoms with van der Waals surface area (Å²) >= 11 is 0. The predicted molar refractivity (Wildman–Crippen MR) is 53.4 cm³/mol. The standard InChI is InChI=1S/C11H11NO2/c12-10-3-1-2-7-6-8(11(13)14)4-5-9(7)10/h1,3-4,6,9,12H,2,5H2,(H,13,14). The minimum absolute atomic E-state index is 0.114. The van der Waals surface area contributed by atoms with Crippen molar-refractivity contribution in [2.45, 2.75) is 12.8 Å². The van der Waals surface area contributed by atoms with E-state index in [1.807, 2.05) is 12.2 Å². The first kappa shape index (κ1) is 8.94. The van der Waals surface area contributed by atoms with E-state index in [-0.39, 0.29) is 5.92 Å². The van der Waals surface area contributed by atoms with Gasteiger partial charge in [0.05, 0.1) is 5.57 Å². The molecule has 0 aliphatic heterocycles. The van der Waals surface area contributed by atoms with Crippen molar-refractivity contribution in [2.24, 2.45) is 5.92 Å². The first-order valence-corrected chi connectivity index (χ1v) is 4.57. The number of hydrogen-bond donors (Lipinski definition) is 2. The molecule has 0 bridgehead atoms. The quantitative estimate of drug-likeness (QED) is 0.662. The van der Waals surface area contributed by atoms with E-state index in [0.717, 1.165) is 12.0 Å². The van der Waals surface area contributed by atoms with Gasteiger partial charge in [-0.05, 0) is 25.0 Å². The van der Waals surface area contributed by atoms with Crippen LogP contribution in [0.4, 0.5) is 0 Å². The Morgan fingerprint density at radius 1 is 1.57 bits per heavy atom. The Morgan fingerprint density at radius 3 is 3.07 bits per heavy atom. The SMILES string of the molecule is N=C1C=CCC2=CC(C(=O)O)=CCC12. The zero-order valence-electron chi connectivity index (χ0n) is 7.66. The number of rotatable bonds is 1. The van der Waals surface area contributed by atoms with E-state index >= 15 is 0 Å². The van der Waals surface area contributed by atoms with Gasteiger partial charge in [0.15, 0.2) is 0 Å². The van der Waals surface area contributed by atoms with Crippen LogP contribution in [0.25, 0.3) is 0 Å². The fourth-order valence-electron chi connectivity index (χ4n) is 1.87. The molecule has 0 saturated carbocycles. The lowest BCUT2D eigenvalue weighted by Gasteiger charge is -2.24. The number of carboxylic acids is 1. The molecule has 1 unspecified atom stereocenters. The second-order valence-electron chi connectivity index (χ2n) is 3.53. The Kier molecular flexibility index (Phi) is 2.08. The number of aliphatic carboxylic acids is 1. The molecule has 0 radical (unpaired) electrons. The van der Waals surface area contributed by atoms with Gasteiger partial charge in [-0.2, -0.15) is 0 Å². The van der Waals surface area contributed by atoms with E-state index < -0.39 is 5.97 Å². The maximum absolute atomic E-state index is 10.7. The third kappa shape index (κ3) is 1.41. The lowest BCUT2D eigenvalue weighted by atomic mass is 9.80. The van der Waals surface area contributed by atoms with E-state index in [4.69, 9.17) is 10.5 Å². The lowest BCUT2D eigenvalue weighted by molar-refractivity contribution is -0.132. The van der Waals surface area contributed by atoms with Crippen molar-refractivity contribution in [3.05, 3.63) is 35.5 Å². The lowest BCUT2D eigenvalue weighted by Crippen LogP contribution is -2.20. The molecule has 2 rings (SSSR count). The fraction of sp³-hybridized carbons (Fsp3) is 0.273. The number of nitrogens with one attached hydrogen (secondary N) is 1. The molecule has 0 aromatic rings. The highest BCUT2D eigenvalue weighted by Crippen LogP contribution is 2.30. The van der Waals surface area contributed by atoms with E-state index in [2.05, 4.69) is 0 Å². The number of carbonyl (C=O) groups is 1. The minimum atomic E-state index is -0.878. The third-order valence-corrected chi connectivity index (χ3v) is 2.64. The zero-order chi connectivity index (χ0) is 10.1. The molecular weight excluding hydrogens is 178 g/mol. The first-order valence-electron chi connectivity index (χ1n) is 4.57. The number of allylic oxidation sites excluding steroid dienone is 4. The Hall–Kier alpha value is -1.64. The summed E-state index contributed by atoms with van der Waals surface area (Å²) in [4.78, 5) is 10.7. The molecule has 0 saturated heterocycles. The maximum atomic E-state index is 10.7. The normalized spacial score (nSPS) is 25.1. The summed E-state index contributed by atoms with van der Waals surface area (Å²) in [6.07, 6.45) is 8.55. The van der Waals surface area contributed by atoms with Gasteiger partial charge < -0.3 is 10.5 Å². The van der Waals surface area contributed by atoms with Crippen LogP contribution in [0, 0.1) is 11.3 Å². The van der Waals surface area contributed by atoms with Crippen molar-refractivity contribution in [1.29, 1.82) is 5.41 Å². The van der Waals surface area contributed by atoms with E-state index in [0.29, 0.717) is 17.7 Å². The van der Waals surface area contributed by atoms with Crippen LogP contribution < -0.4 is 0 Å². The molecule has 2 aliphatic carbocycles. The molecular formula is C11H11NO2. The molecule has 0 amide bonds. The van der Waals surface area contributed by atoms with Gasteiger partial charge >= 0.3 is 5.97 Å². The predicted octanol–water partition coefficient (Wildman–Crippen LogP) is 1.92. The molecule has 14 heavy (non-hydrogen) atoms. The molecule has 0 heterocycles. The number of hydrogen-bond acceptors (Lipinski definition) is 2. The second kappa shape index (κ2) is 3.25. The Morgan fingerprint density at radius 2 is 2.36 bits per heavy atom. The van der Waals surface area contributed by atoms with Gasteiger partial charge in [0.2, 0.25) is 0 Å². The molecule has 3 nitrogen and oxygen atoms in total. The summed E-state index contributed by atoms with van der Waals surface area (Å²) in [6.45, 7) is 0. The first-order chi connectivity index (χ1) is 6.68. The second-order valence-corrected chi connectivity index (χ2v) is 3.53. The van der Waals surface area contributed by atoms with Crippen LogP contribution in [0.15, 0.2) is 35.5 Å². The monoisotopic (exact) mass is 189 g/mol. The summed E-state index contributed by atoms with van der Waals surface area (Å²) in [5.74, 6) is -0.764. The Balaban J connectivity index is 2.31. The topological polar surface area (TPSA) is 61.2 Å². The molecule has 0 spiro atoms. The van der Waals surface area contributed by atoms with Gasteiger partial charge in [-0.25, -0.2) is 4.79 Å². The van der Waals surface area contributed by atoms with Crippen LogP contribution in [0.2, 0.25) is 0 Å². The van der Waals surface area contributed by atoms with Crippen molar-refractivity contribution < 1.29 is 9.90 Å². The highest BCUT2D eigenvalue weighted by Gasteiger charge is 2.24. The Labute approximate surface area is 81.9 Å². The van der Waals surface area contributed by atoms with Crippen molar-refractivity contribution >= 4 is 11.7 Å². The average molecular weight is 189 g/mol.